The van der Waals surface area contributed by atoms with E-state index in [1.54, 1.807) is 25.1 Å². The number of carbonyl (C=O) groups excluding carboxylic acids is 1. The van der Waals surface area contributed by atoms with E-state index in [9.17, 15) is 9.90 Å². The molecule has 0 spiro atoms. The maximum atomic E-state index is 12.3. The van der Waals surface area contributed by atoms with Crippen LogP contribution in [0.1, 0.15) is 25.3 Å². The molecule has 1 aromatic rings. The number of benzene rings is 1. The zero-order chi connectivity index (χ0) is 14.7. The van der Waals surface area contributed by atoms with Crippen molar-refractivity contribution in [2.24, 2.45) is 5.92 Å². The Hall–Kier alpha value is -0.770. The van der Waals surface area contributed by atoms with E-state index in [2.05, 4.69) is 0 Å². The van der Waals surface area contributed by atoms with Crippen LogP contribution in [-0.2, 0) is 11.2 Å². The molecule has 1 aliphatic heterocycles. The molecule has 2 atom stereocenters. The Morgan fingerprint density at radius 3 is 2.95 bits per heavy atom. The summed E-state index contributed by atoms with van der Waals surface area (Å²) in [5, 5.41) is 10.8. The first-order chi connectivity index (χ1) is 9.47. The summed E-state index contributed by atoms with van der Waals surface area (Å²) in [7, 11) is 0. The quantitative estimate of drug-likeness (QED) is 0.930. The van der Waals surface area contributed by atoms with Crippen molar-refractivity contribution in [2.45, 2.75) is 32.3 Å². The molecule has 1 N–H and O–H groups in total. The van der Waals surface area contributed by atoms with E-state index in [0.29, 0.717) is 16.6 Å². The van der Waals surface area contributed by atoms with Crippen LogP contribution in [0.5, 0.6) is 0 Å². The van der Waals surface area contributed by atoms with Crippen LogP contribution in [-0.4, -0.2) is 35.1 Å². The summed E-state index contributed by atoms with van der Waals surface area (Å²) in [5.41, 5.74) is 0.753. The summed E-state index contributed by atoms with van der Waals surface area (Å²) in [6.45, 7) is 3.15. The molecule has 0 aromatic heterocycles. The summed E-state index contributed by atoms with van der Waals surface area (Å²) >= 11 is 12.0. The SMILES string of the molecule is C[C@H](O)[C@H]1CCCN(C(=O)Cc2cc(Cl)ccc2Cl)C1. The Morgan fingerprint density at radius 2 is 2.25 bits per heavy atom. The molecule has 20 heavy (non-hydrogen) atoms. The van der Waals surface area contributed by atoms with Gasteiger partial charge >= 0.3 is 0 Å². The van der Waals surface area contributed by atoms with Crippen molar-refractivity contribution in [1.82, 2.24) is 4.90 Å². The number of amides is 1. The smallest absolute Gasteiger partial charge is 0.227 e. The van der Waals surface area contributed by atoms with Crippen LogP contribution in [0.3, 0.4) is 0 Å². The van der Waals surface area contributed by atoms with E-state index in [4.69, 9.17) is 23.2 Å². The lowest BCUT2D eigenvalue weighted by Gasteiger charge is -2.34. The topological polar surface area (TPSA) is 40.5 Å². The van der Waals surface area contributed by atoms with Gasteiger partial charge in [-0.3, -0.25) is 4.79 Å². The van der Waals surface area contributed by atoms with Gasteiger partial charge in [0.15, 0.2) is 0 Å². The molecule has 0 aliphatic carbocycles. The van der Waals surface area contributed by atoms with Crippen molar-refractivity contribution >= 4 is 29.1 Å². The minimum atomic E-state index is -0.375. The van der Waals surface area contributed by atoms with Crippen molar-refractivity contribution in [3.63, 3.8) is 0 Å². The Balaban J connectivity index is 2.02. The minimum Gasteiger partial charge on any atom is -0.393 e. The van der Waals surface area contributed by atoms with Crippen molar-refractivity contribution in [3.8, 4) is 0 Å². The molecule has 110 valence electrons. The molecular formula is C15H19Cl2NO2. The van der Waals surface area contributed by atoms with Crippen molar-refractivity contribution in [3.05, 3.63) is 33.8 Å². The van der Waals surface area contributed by atoms with E-state index in [1.165, 1.54) is 0 Å². The van der Waals surface area contributed by atoms with Gasteiger partial charge in [0.25, 0.3) is 0 Å². The second-order valence-corrected chi connectivity index (χ2v) is 6.24. The number of nitrogens with zero attached hydrogens (tertiary/aromatic N) is 1. The maximum absolute atomic E-state index is 12.3. The highest BCUT2D eigenvalue weighted by molar-refractivity contribution is 6.33. The maximum Gasteiger partial charge on any atom is 0.227 e. The third-order valence-corrected chi connectivity index (χ3v) is 4.45. The largest absolute Gasteiger partial charge is 0.393 e. The zero-order valence-electron chi connectivity index (χ0n) is 11.5. The molecule has 1 heterocycles. The molecule has 3 nitrogen and oxygen atoms in total. The van der Waals surface area contributed by atoms with Crippen molar-refractivity contribution in [1.29, 1.82) is 0 Å². The molecule has 2 rings (SSSR count). The summed E-state index contributed by atoms with van der Waals surface area (Å²) < 4.78 is 0. The molecule has 0 bridgehead atoms. The normalized spacial score (nSPS) is 20.8. The third-order valence-electron chi connectivity index (χ3n) is 3.84. The van der Waals surface area contributed by atoms with Gasteiger partial charge in [0, 0.05) is 29.1 Å². The second-order valence-electron chi connectivity index (χ2n) is 5.40. The lowest BCUT2D eigenvalue weighted by Crippen LogP contribution is -2.43. The second kappa shape index (κ2) is 6.79. The van der Waals surface area contributed by atoms with Gasteiger partial charge in [0.2, 0.25) is 5.91 Å². The van der Waals surface area contributed by atoms with E-state index in [-0.39, 0.29) is 24.3 Å². The van der Waals surface area contributed by atoms with Gasteiger partial charge in [-0.15, -0.1) is 0 Å². The highest BCUT2D eigenvalue weighted by Gasteiger charge is 2.26. The molecule has 1 aromatic carbocycles. The fourth-order valence-corrected chi connectivity index (χ4v) is 2.96. The van der Waals surface area contributed by atoms with Gasteiger partial charge in [0.05, 0.1) is 12.5 Å². The molecule has 5 heteroatoms. The molecule has 0 radical (unpaired) electrons. The van der Waals surface area contributed by atoms with E-state index < -0.39 is 0 Å². The van der Waals surface area contributed by atoms with Crippen LogP contribution >= 0.6 is 23.2 Å². The number of halogens is 2. The zero-order valence-corrected chi connectivity index (χ0v) is 13.0. The molecule has 0 saturated carbocycles. The number of carbonyl (C=O) groups is 1. The first-order valence-electron chi connectivity index (χ1n) is 6.87. The van der Waals surface area contributed by atoms with E-state index in [0.717, 1.165) is 24.9 Å². The van der Waals surface area contributed by atoms with E-state index in [1.807, 2.05) is 4.90 Å². The number of likely N-dealkylation sites (tertiary alicyclic amines) is 1. The number of rotatable bonds is 3. The fraction of sp³-hybridized carbons (Fsp3) is 0.533. The third kappa shape index (κ3) is 3.87. The van der Waals surface area contributed by atoms with Gasteiger partial charge in [-0.05, 0) is 43.5 Å². The van der Waals surface area contributed by atoms with Crippen molar-refractivity contribution < 1.29 is 9.90 Å². The highest BCUT2D eigenvalue weighted by Crippen LogP contribution is 2.24. The lowest BCUT2D eigenvalue weighted by molar-refractivity contribution is -0.133. The molecular weight excluding hydrogens is 297 g/mol. The monoisotopic (exact) mass is 315 g/mol. The molecule has 1 fully saturated rings. The number of aliphatic hydroxyl groups excluding tert-OH is 1. The first kappa shape index (κ1) is 15.6. The summed E-state index contributed by atoms with van der Waals surface area (Å²) in [6, 6.07) is 5.15. The predicted octanol–water partition coefficient (Wildman–Crippen LogP) is 3.16. The molecule has 1 saturated heterocycles. The van der Waals surface area contributed by atoms with Crippen molar-refractivity contribution in [2.75, 3.05) is 13.1 Å². The van der Waals surface area contributed by atoms with Gasteiger partial charge in [-0.2, -0.15) is 0 Å². The minimum absolute atomic E-state index is 0.0412. The first-order valence-corrected chi connectivity index (χ1v) is 7.62. The summed E-state index contributed by atoms with van der Waals surface area (Å²) in [5.74, 6) is 0.210. The average Bonchev–Trinajstić information content (AvgIpc) is 2.43. The standard InChI is InChI=1S/C15H19Cl2NO2/c1-10(19)11-3-2-6-18(9-11)15(20)8-12-7-13(16)4-5-14(12)17/h4-5,7,10-11,19H,2-3,6,8-9H2,1H3/t10-,11-/m0/s1. The number of aliphatic hydroxyl groups is 1. The number of hydrogen-bond donors (Lipinski definition) is 1. The van der Waals surface area contributed by atoms with Gasteiger partial charge < -0.3 is 10.0 Å². The van der Waals surface area contributed by atoms with Gasteiger partial charge in [0.1, 0.15) is 0 Å². The molecule has 0 unspecified atom stereocenters. The average molecular weight is 316 g/mol. The van der Waals surface area contributed by atoms with E-state index >= 15 is 0 Å². The van der Waals surface area contributed by atoms with Gasteiger partial charge in [-0.25, -0.2) is 0 Å². The highest BCUT2D eigenvalue weighted by atomic mass is 35.5. The lowest BCUT2D eigenvalue weighted by atomic mass is 9.93. The fourth-order valence-electron chi connectivity index (χ4n) is 2.58. The van der Waals surface area contributed by atoms with Crippen LogP contribution in [0.4, 0.5) is 0 Å². The molecule has 1 aliphatic rings. The van der Waals surface area contributed by atoms with Crippen LogP contribution in [0.25, 0.3) is 0 Å². The Bertz CT molecular complexity index is 491. The van der Waals surface area contributed by atoms with Crippen LogP contribution in [0, 0.1) is 5.92 Å². The predicted molar refractivity (Wildman–Crippen MR) is 81.2 cm³/mol. The Morgan fingerprint density at radius 1 is 1.50 bits per heavy atom. The van der Waals surface area contributed by atoms with Gasteiger partial charge in [-0.1, -0.05) is 23.2 Å². The molecule has 1 amide bonds. The Labute approximate surface area is 129 Å². The van der Waals surface area contributed by atoms with Crippen LogP contribution in [0.2, 0.25) is 10.0 Å². The summed E-state index contributed by atoms with van der Waals surface area (Å²) in [6.07, 6.45) is 1.79. The summed E-state index contributed by atoms with van der Waals surface area (Å²) in [4.78, 5) is 14.2. The number of piperidine rings is 1. The Kier molecular flexibility index (Phi) is 5.30. The number of hydrogen-bond acceptors (Lipinski definition) is 2. The van der Waals surface area contributed by atoms with Crippen LogP contribution in [0.15, 0.2) is 18.2 Å². The van der Waals surface area contributed by atoms with Crippen LogP contribution < -0.4 is 0 Å².